The van der Waals surface area contributed by atoms with Crippen LogP contribution in [0, 0.1) is 11.3 Å². The number of nitrogens with zero attached hydrogens (tertiary/aromatic N) is 3. The standard InChI is InChI=1S/C15H16N4O2/c1-21-7-6-19-11-14(10-17-19)18-15(20)8-12-2-4-13(9-16)5-3-12/h2-5,10-11H,6-8H2,1H3,(H,18,20). The molecule has 0 atom stereocenters. The molecule has 1 amide bonds. The number of methoxy groups -OCH3 is 1. The Morgan fingerprint density at radius 1 is 1.43 bits per heavy atom. The Kier molecular flexibility index (Phi) is 5.07. The number of nitrogens with one attached hydrogen (secondary N) is 1. The molecular formula is C15H16N4O2. The highest BCUT2D eigenvalue weighted by atomic mass is 16.5. The van der Waals surface area contributed by atoms with E-state index in [1.807, 2.05) is 6.07 Å². The summed E-state index contributed by atoms with van der Waals surface area (Å²) in [5.74, 6) is -0.119. The summed E-state index contributed by atoms with van der Waals surface area (Å²) in [6.45, 7) is 1.21. The van der Waals surface area contributed by atoms with Gasteiger partial charge in [0.05, 0.1) is 43.1 Å². The number of carbonyl (C=O) groups is 1. The molecule has 0 aliphatic rings. The van der Waals surface area contributed by atoms with Crippen LogP contribution in [-0.4, -0.2) is 29.4 Å². The van der Waals surface area contributed by atoms with Gasteiger partial charge in [-0.2, -0.15) is 10.4 Å². The first-order valence-electron chi connectivity index (χ1n) is 6.51. The molecular weight excluding hydrogens is 268 g/mol. The minimum Gasteiger partial charge on any atom is -0.383 e. The number of benzene rings is 1. The summed E-state index contributed by atoms with van der Waals surface area (Å²) in [5, 5.41) is 15.6. The molecule has 2 aromatic rings. The van der Waals surface area contributed by atoms with Crippen molar-refractivity contribution in [3.8, 4) is 6.07 Å². The maximum Gasteiger partial charge on any atom is 0.228 e. The normalized spacial score (nSPS) is 10.1. The summed E-state index contributed by atoms with van der Waals surface area (Å²) in [4.78, 5) is 11.9. The molecule has 0 spiro atoms. The second kappa shape index (κ2) is 7.22. The molecule has 0 aliphatic carbocycles. The van der Waals surface area contributed by atoms with Crippen molar-refractivity contribution in [1.29, 1.82) is 5.26 Å². The Balaban J connectivity index is 1.89. The lowest BCUT2D eigenvalue weighted by Gasteiger charge is -2.03. The molecule has 0 saturated heterocycles. The van der Waals surface area contributed by atoms with Crippen LogP contribution >= 0.6 is 0 Å². The Morgan fingerprint density at radius 3 is 2.86 bits per heavy atom. The van der Waals surface area contributed by atoms with Crippen molar-refractivity contribution in [3.63, 3.8) is 0 Å². The molecule has 6 heteroatoms. The predicted molar refractivity (Wildman–Crippen MR) is 77.6 cm³/mol. The molecule has 1 aromatic carbocycles. The van der Waals surface area contributed by atoms with Crippen molar-refractivity contribution in [3.05, 3.63) is 47.8 Å². The van der Waals surface area contributed by atoms with Crippen LogP contribution in [0.15, 0.2) is 36.7 Å². The summed E-state index contributed by atoms with van der Waals surface area (Å²) in [7, 11) is 1.63. The van der Waals surface area contributed by atoms with E-state index in [4.69, 9.17) is 10.00 Å². The number of hydrogen-bond donors (Lipinski definition) is 1. The van der Waals surface area contributed by atoms with Gasteiger partial charge in [0.15, 0.2) is 0 Å². The minimum absolute atomic E-state index is 0.119. The highest BCUT2D eigenvalue weighted by Gasteiger charge is 2.06. The minimum atomic E-state index is -0.119. The van der Waals surface area contributed by atoms with E-state index in [9.17, 15) is 4.79 Å². The molecule has 0 aliphatic heterocycles. The number of rotatable bonds is 6. The Bertz CT molecular complexity index is 640. The van der Waals surface area contributed by atoms with Crippen LogP contribution < -0.4 is 5.32 Å². The number of aromatic nitrogens is 2. The lowest BCUT2D eigenvalue weighted by atomic mass is 10.1. The van der Waals surface area contributed by atoms with Crippen molar-refractivity contribution in [2.75, 3.05) is 19.0 Å². The fourth-order valence-electron chi connectivity index (χ4n) is 1.82. The van der Waals surface area contributed by atoms with Gasteiger partial charge in [-0.1, -0.05) is 12.1 Å². The van der Waals surface area contributed by atoms with Gasteiger partial charge in [-0.25, -0.2) is 0 Å². The van der Waals surface area contributed by atoms with Crippen LogP contribution in [0.2, 0.25) is 0 Å². The van der Waals surface area contributed by atoms with Gasteiger partial charge < -0.3 is 10.1 Å². The summed E-state index contributed by atoms with van der Waals surface area (Å²) >= 11 is 0. The lowest BCUT2D eigenvalue weighted by molar-refractivity contribution is -0.115. The van der Waals surface area contributed by atoms with E-state index in [2.05, 4.69) is 10.4 Å². The van der Waals surface area contributed by atoms with E-state index >= 15 is 0 Å². The third-order valence-electron chi connectivity index (χ3n) is 2.89. The van der Waals surface area contributed by atoms with E-state index in [1.165, 1.54) is 0 Å². The maximum absolute atomic E-state index is 11.9. The molecule has 0 unspecified atom stereocenters. The second-order valence-corrected chi connectivity index (χ2v) is 4.52. The van der Waals surface area contributed by atoms with Crippen LogP contribution in [-0.2, 0) is 22.5 Å². The molecule has 1 N–H and O–H groups in total. The number of amides is 1. The van der Waals surface area contributed by atoms with Crippen LogP contribution in [0.1, 0.15) is 11.1 Å². The van der Waals surface area contributed by atoms with Gasteiger partial charge in [0.25, 0.3) is 0 Å². The van der Waals surface area contributed by atoms with E-state index < -0.39 is 0 Å². The van der Waals surface area contributed by atoms with Crippen molar-refractivity contribution >= 4 is 11.6 Å². The fourth-order valence-corrected chi connectivity index (χ4v) is 1.82. The predicted octanol–water partition coefficient (Wildman–Crippen LogP) is 1.58. The van der Waals surface area contributed by atoms with Gasteiger partial charge in [-0.05, 0) is 17.7 Å². The smallest absolute Gasteiger partial charge is 0.228 e. The molecule has 0 bridgehead atoms. The van der Waals surface area contributed by atoms with Crippen LogP contribution in [0.25, 0.3) is 0 Å². The van der Waals surface area contributed by atoms with Crippen molar-refractivity contribution in [2.24, 2.45) is 0 Å². The van der Waals surface area contributed by atoms with E-state index in [-0.39, 0.29) is 12.3 Å². The third kappa shape index (κ3) is 4.44. The summed E-state index contributed by atoms with van der Waals surface area (Å²) in [6.07, 6.45) is 3.62. The number of carbonyl (C=O) groups excluding carboxylic acids is 1. The van der Waals surface area contributed by atoms with Gasteiger partial charge in [0.1, 0.15) is 0 Å². The zero-order chi connectivity index (χ0) is 15.1. The highest BCUT2D eigenvalue weighted by molar-refractivity contribution is 5.91. The number of anilines is 1. The molecule has 0 radical (unpaired) electrons. The Labute approximate surface area is 123 Å². The molecule has 21 heavy (non-hydrogen) atoms. The summed E-state index contributed by atoms with van der Waals surface area (Å²) in [6, 6.07) is 9.00. The Hall–Kier alpha value is -2.65. The first-order valence-corrected chi connectivity index (χ1v) is 6.51. The first-order chi connectivity index (χ1) is 10.2. The van der Waals surface area contributed by atoms with E-state index in [1.54, 1.807) is 48.5 Å². The van der Waals surface area contributed by atoms with Crippen molar-refractivity contribution < 1.29 is 9.53 Å². The maximum atomic E-state index is 11.9. The molecule has 6 nitrogen and oxygen atoms in total. The zero-order valence-corrected chi connectivity index (χ0v) is 11.7. The highest BCUT2D eigenvalue weighted by Crippen LogP contribution is 2.08. The quantitative estimate of drug-likeness (QED) is 0.873. The largest absolute Gasteiger partial charge is 0.383 e. The van der Waals surface area contributed by atoms with Gasteiger partial charge in [0, 0.05) is 13.3 Å². The average molecular weight is 284 g/mol. The van der Waals surface area contributed by atoms with Crippen molar-refractivity contribution in [2.45, 2.75) is 13.0 Å². The van der Waals surface area contributed by atoms with E-state index in [0.29, 0.717) is 24.4 Å². The van der Waals surface area contributed by atoms with Crippen LogP contribution in [0.3, 0.4) is 0 Å². The zero-order valence-electron chi connectivity index (χ0n) is 11.7. The van der Waals surface area contributed by atoms with E-state index in [0.717, 1.165) is 5.56 Å². The average Bonchev–Trinajstić information content (AvgIpc) is 2.93. The molecule has 2 rings (SSSR count). The van der Waals surface area contributed by atoms with Crippen LogP contribution in [0.5, 0.6) is 0 Å². The number of hydrogen-bond acceptors (Lipinski definition) is 4. The van der Waals surface area contributed by atoms with Gasteiger partial charge >= 0.3 is 0 Å². The second-order valence-electron chi connectivity index (χ2n) is 4.52. The van der Waals surface area contributed by atoms with Crippen LogP contribution in [0.4, 0.5) is 5.69 Å². The van der Waals surface area contributed by atoms with Crippen molar-refractivity contribution in [1.82, 2.24) is 9.78 Å². The first kappa shape index (κ1) is 14.8. The lowest BCUT2D eigenvalue weighted by Crippen LogP contribution is -2.14. The number of nitriles is 1. The number of ether oxygens (including phenoxy) is 1. The molecule has 0 fully saturated rings. The molecule has 1 heterocycles. The SMILES string of the molecule is COCCn1cc(NC(=O)Cc2ccc(C#N)cc2)cn1. The van der Waals surface area contributed by atoms with Gasteiger partial charge in [0.2, 0.25) is 5.91 Å². The van der Waals surface area contributed by atoms with Gasteiger partial charge in [-0.15, -0.1) is 0 Å². The Morgan fingerprint density at radius 2 is 2.19 bits per heavy atom. The van der Waals surface area contributed by atoms with Gasteiger partial charge in [-0.3, -0.25) is 9.48 Å². The summed E-state index contributed by atoms with van der Waals surface area (Å²) < 4.78 is 6.67. The topological polar surface area (TPSA) is 79.9 Å². The summed E-state index contributed by atoms with van der Waals surface area (Å²) in [5.41, 5.74) is 2.10. The monoisotopic (exact) mass is 284 g/mol. The third-order valence-corrected chi connectivity index (χ3v) is 2.89. The molecule has 0 saturated carbocycles. The fraction of sp³-hybridized carbons (Fsp3) is 0.267. The molecule has 1 aromatic heterocycles. The molecule has 108 valence electrons.